The lowest BCUT2D eigenvalue weighted by Crippen LogP contribution is -2.16. The van der Waals surface area contributed by atoms with E-state index in [4.69, 9.17) is 5.11 Å². The van der Waals surface area contributed by atoms with E-state index in [1.165, 1.54) is 16.9 Å². The van der Waals surface area contributed by atoms with Crippen LogP contribution in [0.1, 0.15) is 69.5 Å². The Hall–Kier alpha value is -2.71. The Morgan fingerprint density at radius 1 is 0.912 bits per heavy atom. The molecule has 3 aromatic rings. The molecule has 1 aliphatic carbocycles. The van der Waals surface area contributed by atoms with Gasteiger partial charge in [-0.25, -0.2) is 0 Å². The standard InChI is InChI=1S/C26H28N2O4S2/c29-23(15-24-27-28-25(33-24)17-34(32)16-19-4-2-1-3-5-19)22-12-10-21(11-13-22)20-8-6-18(7-9-20)14-26(30)31/h1-5,10-13,18,20H,6-9,14-17H2,(H,30,31). The summed E-state index contributed by atoms with van der Waals surface area (Å²) in [5.74, 6) is 0.796. The highest BCUT2D eigenvalue weighted by atomic mass is 32.2. The fraction of sp³-hybridized carbons (Fsp3) is 0.385. The number of carboxylic acids is 1. The van der Waals surface area contributed by atoms with E-state index < -0.39 is 16.8 Å². The summed E-state index contributed by atoms with van der Waals surface area (Å²) < 4.78 is 12.4. The third kappa shape index (κ3) is 6.90. The van der Waals surface area contributed by atoms with Crippen LogP contribution in [0.5, 0.6) is 0 Å². The molecule has 2 aromatic carbocycles. The van der Waals surface area contributed by atoms with Crippen molar-refractivity contribution in [2.45, 2.75) is 55.9 Å². The molecule has 0 radical (unpaired) electrons. The van der Waals surface area contributed by atoms with E-state index in [1.54, 1.807) is 0 Å². The summed E-state index contributed by atoms with van der Waals surface area (Å²) >= 11 is 1.35. The quantitative estimate of drug-likeness (QED) is 0.389. The van der Waals surface area contributed by atoms with Gasteiger partial charge in [-0.1, -0.05) is 54.6 Å². The van der Waals surface area contributed by atoms with Gasteiger partial charge < -0.3 is 5.11 Å². The Morgan fingerprint density at radius 2 is 1.59 bits per heavy atom. The number of aliphatic carboxylic acids is 1. The van der Waals surface area contributed by atoms with Gasteiger partial charge in [0, 0.05) is 28.5 Å². The average molecular weight is 497 g/mol. The van der Waals surface area contributed by atoms with Crippen LogP contribution >= 0.6 is 11.3 Å². The van der Waals surface area contributed by atoms with Crippen molar-refractivity contribution in [3.05, 3.63) is 81.3 Å². The molecule has 0 spiro atoms. The van der Waals surface area contributed by atoms with Crippen LogP contribution in [-0.4, -0.2) is 31.3 Å². The molecule has 0 aliphatic heterocycles. The molecule has 1 unspecified atom stereocenters. The highest BCUT2D eigenvalue weighted by Crippen LogP contribution is 2.37. The lowest BCUT2D eigenvalue weighted by Gasteiger charge is -2.28. The molecule has 4 rings (SSSR count). The molecule has 1 aliphatic rings. The van der Waals surface area contributed by atoms with Gasteiger partial charge in [0.2, 0.25) is 0 Å². The fourth-order valence-electron chi connectivity index (χ4n) is 4.49. The van der Waals surface area contributed by atoms with Crippen LogP contribution in [0.4, 0.5) is 0 Å². The van der Waals surface area contributed by atoms with Gasteiger partial charge >= 0.3 is 5.97 Å². The molecule has 8 heteroatoms. The number of carbonyl (C=O) groups excluding carboxylic acids is 1. The number of benzene rings is 2. The van der Waals surface area contributed by atoms with Crippen molar-refractivity contribution < 1.29 is 18.9 Å². The molecule has 0 amide bonds. The predicted octanol–water partition coefficient (Wildman–Crippen LogP) is 5.16. The smallest absolute Gasteiger partial charge is 0.303 e. The van der Waals surface area contributed by atoms with Crippen molar-refractivity contribution in [3.8, 4) is 0 Å². The molecule has 34 heavy (non-hydrogen) atoms. The first-order chi connectivity index (χ1) is 16.5. The zero-order chi connectivity index (χ0) is 23.9. The van der Waals surface area contributed by atoms with E-state index >= 15 is 0 Å². The topological polar surface area (TPSA) is 97.2 Å². The van der Waals surface area contributed by atoms with E-state index in [2.05, 4.69) is 10.2 Å². The summed E-state index contributed by atoms with van der Waals surface area (Å²) in [6, 6.07) is 17.5. The third-order valence-electron chi connectivity index (χ3n) is 6.29. The van der Waals surface area contributed by atoms with Gasteiger partial charge in [0.25, 0.3) is 0 Å². The van der Waals surface area contributed by atoms with E-state index in [9.17, 15) is 13.8 Å². The van der Waals surface area contributed by atoms with Gasteiger partial charge in [-0.3, -0.25) is 13.8 Å². The Bertz CT molecular complexity index is 1140. The maximum Gasteiger partial charge on any atom is 0.303 e. The lowest BCUT2D eigenvalue weighted by atomic mass is 9.77. The van der Waals surface area contributed by atoms with Gasteiger partial charge in [0.1, 0.15) is 10.0 Å². The zero-order valence-electron chi connectivity index (χ0n) is 18.9. The Morgan fingerprint density at radius 3 is 2.26 bits per heavy atom. The van der Waals surface area contributed by atoms with E-state index in [-0.39, 0.29) is 24.5 Å². The molecule has 1 heterocycles. The molecule has 178 valence electrons. The number of aromatic nitrogens is 2. The van der Waals surface area contributed by atoms with Crippen molar-refractivity contribution >= 4 is 33.9 Å². The first-order valence-corrected chi connectivity index (χ1v) is 13.8. The van der Waals surface area contributed by atoms with E-state index in [0.29, 0.717) is 33.0 Å². The number of Topliss-reactive ketones (excluding diaryl/α,β-unsaturated/α-hetero) is 1. The number of carboxylic acid groups (broad SMARTS) is 1. The highest BCUT2D eigenvalue weighted by molar-refractivity contribution is 7.83. The average Bonchev–Trinajstić information content (AvgIpc) is 3.26. The highest BCUT2D eigenvalue weighted by Gasteiger charge is 2.24. The Balaban J connectivity index is 1.27. The summed E-state index contributed by atoms with van der Waals surface area (Å²) in [5.41, 5.74) is 2.88. The molecule has 1 atom stereocenters. The van der Waals surface area contributed by atoms with Crippen LogP contribution in [0.2, 0.25) is 0 Å². The van der Waals surface area contributed by atoms with E-state index in [0.717, 1.165) is 31.2 Å². The maximum atomic E-state index is 12.7. The number of carbonyl (C=O) groups is 2. The lowest BCUT2D eigenvalue weighted by molar-refractivity contribution is -0.138. The van der Waals surface area contributed by atoms with Crippen molar-refractivity contribution in [1.29, 1.82) is 0 Å². The summed E-state index contributed by atoms with van der Waals surface area (Å²) in [5, 5.41) is 18.6. The minimum absolute atomic E-state index is 0.00942. The largest absolute Gasteiger partial charge is 0.481 e. The monoisotopic (exact) mass is 496 g/mol. The minimum Gasteiger partial charge on any atom is -0.481 e. The molecule has 6 nitrogen and oxygen atoms in total. The first kappa shape index (κ1) is 24.4. The molecule has 1 aromatic heterocycles. The van der Waals surface area contributed by atoms with Gasteiger partial charge in [0.15, 0.2) is 5.78 Å². The second-order valence-corrected chi connectivity index (χ2v) is 11.4. The Kier molecular flexibility index (Phi) is 8.34. The van der Waals surface area contributed by atoms with E-state index in [1.807, 2.05) is 54.6 Å². The summed E-state index contributed by atoms with van der Waals surface area (Å²) in [7, 11) is -1.07. The third-order valence-corrected chi connectivity index (χ3v) is 8.65. The van der Waals surface area contributed by atoms with Crippen LogP contribution in [0.3, 0.4) is 0 Å². The van der Waals surface area contributed by atoms with Crippen LogP contribution in [0, 0.1) is 5.92 Å². The molecule has 0 bridgehead atoms. The van der Waals surface area contributed by atoms with Crippen molar-refractivity contribution in [2.24, 2.45) is 5.92 Å². The summed E-state index contributed by atoms with van der Waals surface area (Å²) in [4.78, 5) is 23.7. The zero-order valence-corrected chi connectivity index (χ0v) is 20.5. The predicted molar refractivity (Wildman–Crippen MR) is 133 cm³/mol. The van der Waals surface area contributed by atoms with Gasteiger partial charge in [0.05, 0.1) is 12.2 Å². The number of hydrogen-bond donors (Lipinski definition) is 1. The molecule has 0 saturated heterocycles. The molecule has 1 fully saturated rings. The second-order valence-electron chi connectivity index (χ2n) is 8.84. The summed E-state index contributed by atoms with van der Waals surface area (Å²) in [6.07, 6.45) is 4.30. The number of hydrogen-bond acceptors (Lipinski definition) is 6. The number of rotatable bonds is 10. The molecular formula is C26H28N2O4S2. The number of ketones is 1. The normalized spacial score (nSPS) is 18.9. The first-order valence-electron chi connectivity index (χ1n) is 11.5. The van der Waals surface area contributed by atoms with Gasteiger partial charge in [-0.05, 0) is 48.6 Å². The SMILES string of the molecule is O=C(O)CC1CCC(c2ccc(C(=O)Cc3nnc(CS(=O)Cc4ccccc4)s3)cc2)CC1. The molecule has 1 saturated carbocycles. The van der Waals surface area contributed by atoms with Crippen LogP contribution < -0.4 is 0 Å². The summed E-state index contributed by atoms with van der Waals surface area (Å²) in [6.45, 7) is 0. The van der Waals surface area contributed by atoms with Crippen molar-refractivity contribution in [3.63, 3.8) is 0 Å². The van der Waals surface area contributed by atoms with Crippen molar-refractivity contribution in [2.75, 3.05) is 0 Å². The van der Waals surface area contributed by atoms with Crippen LogP contribution in [0.25, 0.3) is 0 Å². The molecule has 1 N–H and O–H groups in total. The fourth-order valence-corrected chi connectivity index (χ4v) is 6.76. The van der Waals surface area contributed by atoms with Crippen LogP contribution in [0.15, 0.2) is 54.6 Å². The Labute approximate surface area is 205 Å². The molecular weight excluding hydrogens is 468 g/mol. The minimum atomic E-state index is -1.07. The second kappa shape index (κ2) is 11.6. The van der Waals surface area contributed by atoms with Crippen LogP contribution in [-0.2, 0) is 33.5 Å². The van der Waals surface area contributed by atoms with Gasteiger partial charge in [-0.15, -0.1) is 21.5 Å². The van der Waals surface area contributed by atoms with Crippen molar-refractivity contribution in [1.82, 2.24) is 10.2 Å². The van der Waals surface area contributed by atoms with Gasteiger partial charge in [-0.2, -0.15) is 0 Å². The number of nitrogens with zero attached hydrogens (tertiary/aromatic N) is 2. The maximum absolute atomic E-state index is 12.7.